The Hall–Kier alpha value is -2.44. The zero-order valence-corrected chi connectivity index (χ0v) is 17.4. The van der Waals surface area contributed by atoms with Gasteiger partial charge in [0.25, 0.3) is 0 Å². The first kappa shape index (κ1) is 23.8. The normalized spacial score (nSPS) is 17.1. The first-order valence-corrected chi connectivity index (χ1v) is 10.2. The van der Waals surface area contributed by atoms with Crippen LogP contribution in [0.5, 0.6) is 0 Å². The van der Waals surface area contributed by atoms with Crippen molar-refractivity contribution in [2.24, 2.45) is 7.05 Å². The van der Waals surface area contributed by atoms with Gasteiger partial charge in [0.2, 0.25) is 10.0 Å². The van der Waals surface area contributed by atoms with Gasteiger partial charge >= 0.3 is 12.1 Å². The number of hydrogen-bond donors (Lipinski definition) is 1. The van der Waals surface area contributed by atoms with Crippen LogP contribution in [-0.2, 0) is 33.0 Å². The summed E-state index contributed by atoms with van der Waals surface area (Å²) >= 11 is 0. The molecule has 1 atom stereocenters. The number of nitrogens with zero attached hydrogens (tertiary/aromatic N) is 3. The summed E-state index contributed by atoms with van der Waals surface area (Å²) in [6, 6.07) is 6.65. The maximum Gasteiger partial charge on any atom is 0.490 e. The van der Waals surface area contributed by atoms with Gasteiger partial charge in [-0.2, -0.15) is 22.6 Å². The number of fused-ring (bicyclic) bond motifs is 1. The van der Waals surface area contributed by atoms with E-state index in [0.29, 0.717) is 24.5 Å². The van der Waals surface area contributed by atoms with Crippen molar-refractivity contribution in [2.45, 2.75) is 30.5 Å². The maximum absolute atomic E-state index is 13.1. The average Bonchev–Trinajstić information content (AvgIpc) is 3.03. The predicted octanol–water partition coefficient (Wildman–Crippen LogP) is 2.30. The molecule has 1 unspecified atom stereocenters. The fourth-order valence-electron chi connectivity index (χ4n) is 3.16. The summed E-state index contributed by atoms with van der Waals surface area (Å²) in [4.78, 5) is 9.22. The van der Waals surface area contributed by atoms with Gasteiger partial charge in [-0.1, -0.05) is 12.1 Å². The van der Waals surface area contributed by atoms with Gasteiger partial charge in [-0.15, -0.1) is 0 Å². The van der Waals surface area contributed by atoms with Crippen LogP contribution < -0.4 is 0 Å². The van der Waals surface area contributed by atoms with Gasteiger partial charge in [-0.05, 0) is 36.6 Å². The number of benzene rings is 1. The molecule has 0 aliphatic carbocycles. The first-order valence-electron chi connectivity index (χ1n) is 8.78. The van der Waals surface area contributed by atoms with Crippen LogP contribution in [0, 0.1) is 6.92 Å². The van der Waals surface area contributed by atoms with Gasteiger partial charge in [0.15, 0.2) is 0 Å². The summed E-state index contributed by atoms with van der Waals surface area (Å²) in [5.74, 6) is -2.76. The monoisotopic (exact) mass is 449 g/mol. The third-order valence-electron chi connectivity index (χ3n) is 4.49. The minimum Gasteiger partial charge on any atom is -0.475 e. The molecule has 3 rings (SSSR count). The van der Waals surface area contributed by atoms with Gasteiger partial charge in [-0.3, -0.25) is 4.68 Å². The van der Waals surface area contributed by atoms with Gasteiger partial charge in [0.05, 0.1) is 29.4 Å². The second-order valence-electron chi connectivity index (χ2n) is 6.63. The predicted molar refractivity (Wildman–Crippen MR) is 100 cm³/mol. The Labute approximate surface area is 171 Å². The maximum atomic E-state index is 13.1. The number of sulfonamides is 1. The van der Waals surface area contributed by atoms with Crippen LogP contribution in [0.25, 0.3) is 0 Å². The summed E-state index contributed by atoms with van der Waals surface area (Å²) in [6.45, 7) is 2.63. The molecule has 8 nitrogen and oxygen atoms in total. The van der Waals surface area contributed by atoms with Crippen LogP contribution in [0.1, 0.15) is 22.9 Å². The lowest BCUT2D eigenvalue weighted by molar-refractivity contribution is -0.192. The molecule has 2 aromatic rings. The quantitative estimate of drug-likeness (QED) is 0.769. The van der Waals surface area contributed by atoms with Gasteiger partial charge in [0, 0.05) is 20.7 Å². The Balaban J connectivity index is 0.000000396. The second-order valence-corrected chi connectivity index (χ2v) is 8.53. The molecule has 30 heavy (non-hydrogen) atoms. The first-order chi connectivity index (χ1) is 13.9. The number of aryl methyl sites for hydroxylation is 2. The van der Waals surface area contributed by atoms with E-state index in [0.717, 1.165) is 16.8 Å². The Bertz CT molecular complexity index is 1000. The lowest BCUT2D eigenvalue weighted by atomic mass is 10.0. The molecule has 1 N–H and O–H groups in total. The highest BCUT2D eigenvalue weighted by Crippen LogP contribution is 2.34. The van der Waals surface area contributed by atoms with Crippen LogP contribution in [0.2, 0.25) is 0 Å². The van der Waals surface area contributed by atoms with Crippen molar-refractivity contribution in [1.82, 2.24) is 14.1 Å². The summed E-state index contributed by atoms with van der Waals surface area (Å²) in [5.41, 5.74) is 2.92. The van der Waals surface area contributed by atoms with Gasteiger partial charge in [-0.25, -0.2) is 13.2 Å². The van der Waals surface area contributed by atoms with Crippen LogP contribution in [-0.4, -0.2) is 60.0 Å². The molecular formula is C18H22F3N3O5S. The van der Waals surface area contributed by atoms with Crippen LogP contribution >= 0.6 is 0 Å². The molecular weight excluding hydrogens is 427 g/mol. The number of alkyl halides is 3. The largest absolute Gasteiger partial charge is 0.490 e. The fourth-order valence-corrected chi connectivity index (χ4v) is 4.84. The van der Waals surface area contributed by atoms with Crippen molar-refractivity contribution in [1.29, 1.82) is 0 Å². The number of aromatic nitrogens is 2. The molecule has 166 valence electrons. The molecule has 0 amide bonds. The number of carboxylic acids is 1. The number of methoxy groups -OCH3 is 1. The molecule has 1 aromatic carbocycles. The Morgan fingerprint density at radius 3 is 2.53 bits per heavy atom. The zero-order valence-electron chi connectivity index (χ0n) is 16.5. The lowest BCUT2D eigenvalue weighted by Crippen LogP contribution is -2.42. The molecule has 0 fully saturated rings. The third-order valence-corrected chi connectivity index (χ3v) is 6.40. The van der Waals surface area contributed by atoms with Crippen molar-refractivity contribution in [3.8, 4) is 0 Å². The van der Waals surface area contributed by atoms with E-state index in [2.05, 4.69) is 5.10 Å². The number of rotatable bonds is 4. The molecule has 1 aliphatic heterocycles. The summed E-state index contributed by atoms with van der Waals surface area (Å²) in [6.07, 6.45) is -2.61. The van der Waals surface area contributed by atoms with Gasteiger partial charge in [0.1, 0.15) is 0 Å². The Kier molecular flexibility index (Phi) is 7.27. The van der Waals surface area contributed by atoms with Crippen molar-refractivity contribution in [3.05, 3.63) is 47.3 Å². The summed E-state index contributed by atoms with van der Waals surface area (Å²) < 4.78 is 66.5. The fraction of sp³-hybridized carbons (Fsp3) is 0.444. The molecule has 2 heterocycles. The second kappa shape index (κ2) is 9.14. The molecule has 0 saturated carbocycles. The van der Waals surface area contributed by atoms with Crippen LogP contribution in [0.15, 0.2) is 35.4 Å². The van der Waals surface area contributed by atoms with Crippen molar-refractivity contribution in [2.75, 3.05) is 20.3 Å². The van der Waals surface area contributed by atoms with Crippen molar-refractivity contribution < 1.29 is 36.2 Å². The number of carbonyl (C=O) groups is 1. The lowest BCUT2D eigenvalue weighted by Gasteiger charge is -2.34. The smallest absolute Gasteiger partial charge is 0.475 e. The highest BCUT2D eigenvalue weighted by Gasteiger charge is 2.39. The van der Waals surface area contributed by atoms with E-state index in [-0.39, 0.29) is 6.04 Å². The Morgan fingerprint density at radius 1 is 1.37 bits per heavy atom. The Morgan fingerprint density at radius 2 is 2.00 bits per heavy atom. The van der Waals surface area contributed by atoms with E-state index < -0.39 is 22.2 Å². The zero-order chi connectivity index (χ0) is 22.7. The van der Waals surface area contributed by atoms with Crippen molar-refractivity contribution >= 4 is 16.0 Å². The van der Waals surface area contributed by atoms with E-state index >= 15 is 0 Å². The molecule has 1 aromatic heterocycles. The van der Waals surface area contributed by atoms with E-state index in [9.17, 15) is 21.6 Å². The highest BCUT2D eigenvalue weighted by atomic mass is 32.2. The number of halogens is 3. The van der Waals surface area contributed by atoms with Crippen molar-refractivity contribution in [3.63, 3.8) is 0 Å². The molecule has 0 saturated heterocycles. The molecule has 0 spiro atoms. The topological polar surface area (TPSA) is 102 Å². The summed E-state index contributed by atoms with van der Waals surface area (Å²) in [7, 11) is -0.158. The van der Waals surface area contributed by atoms with E-state index in [1.54, 1.807) is 30.0 Å². The highest BCUT2D eigenvalue weighted by molar-refractivity contribution is 7.89. The molecule has 0 radical (unpaired) electrons. The third kappa shape index (κ3) is 5.18. The van der Waals surface area contributed by atoms with Crippen LogP contribution in [0.4, 0.5) is 13.2 Å². The number of hydrogen-bond acceptors (Lipinski definition) is 5. The minimum absolute atomic E-state index is 0.303. The standard InChI is InChI=1S/C16H21N3O3S.C2HF3O2/c1-12-5-4-6-14(9-12)23(20,21)19-8-7-13-10-17-18(2)16(13)15(19)11-22-3;3-2(4,5)1(6)7/h4-6,9-10,15H,7-8,11H2,1-3H3;(H,6,7). The SMILES string of the molecule is COCC1c2c(cnn2C)CCN1S(=O)(=O)c1cccc(C)c1.O=C(O)C(F)(F)F. The number of aliphatic carboxylic acids is 1. The molecule has 1 aliphatic rings. The molecule has 12 heteroatoms. The number of ether oxygens (including phenoxy) is 1. The minimum atomic E-state index is -5.08. The van der Waals surface area contributed by atoms with Crippen LogP contribution in [0.3, 0.4) is 0 Å². The number of carboxylic acid groups (broad SMARTS) is 1. The van der Waals surface area contributed by atoms with E-state index in [1.807, 2.05) is 26.2 Å². The van der Waals surface area contributed by atoms with E-state index in [4.69, 9.17) is 14.6 Å². The summed E-state index contributed by atoms with van der Waals surface area (Å²) in [5, 5.41) is 11.4. The van der Waals surface area contributed by atoms with E-state index in [1.165, 1.54) is 4.31 Å². The molecule has 0 bridgehead atoms. The average molecular weight is 449 g/mol. The van der Waals surface area contributed by atoms with Gasteiger partial charge < -0.3 is 9.84 Å².